The molecule has 168 valence electrons. The monoisotopic (exact) mass is 485 g/mol. The summed E-state index contributed by atoms with van der Waals surface area (Å²) >= 11 is 3.09. The topological polar surface area (TPSA) is 78.2 Å². The Labute approximate surface area is 202 Å². The summed E-state index contributed by atoms with van der Waals surface area (Å²) in [5.74, 6) is 1.88. The number of aromatic nitrogens is 5. The number of thiazole rings is 1. The van der Waals surface area contributed by atoms with Gasteiger partial charge in [0.2, 0.25) is 5.78 Å². The van der Waals surface area contributed by atoms with Gasteiger partial charge in [0.05, 0.1) is 28.5 Å². The van der Waals surface area contributed by atoms with Crippen LogP contribution in [-0.2, 0) is 5.75 Å². The fourth-order valence-corrected chi connectivity index (χ4v) is 5.88. The second-order valence-corrected chi connectivity index (χ2v) is 9.73. The van der Waals surface area contributed by atoms with Crippen molar-refractivity contribution in [3.63, 3.8) is 0 Å². The summed E-state index contributed by atoms with van der Waals surface area (Å²) in [7, 11) is 0. The molecule has 0 fully saturated rings. The molecule has 34 heavy (non-hydrogen) atoms. The molecule has 6 rings (SSSR count). The average Bonchev–Trinajstić information content (AvgIpc) is 3.60. The summed E-state index contributed by atoms with van der Waals surface area (Å²) in [6, 6.07) is 17.4. The lowest BCUT2D eigenvalue weighted by Crippen LogP contribution is -2.23. The molecule has 0 saturated heterocycles. The fourth-order valence-electron chi connectivity index (χ4n) is 4.16. The molecule has 0 radical (unpaired) electrons. The average molecular weight is 486 g/mol. The summed E-state index contributed by atoms with van der Waals surface area (Å²) in [5.41, 5.74) is 4.47. The van der Waals surface area contributed by atoms with Gasteiger partial charge in [-0.1, -0.05) is 42.1 Å². The lowest BCUT2D eigenvalue weighted by Gasteiger charge is -2.15. The second-order valence-electron chi connectivity index (χ2n) is 7.93. The Balaban J connectivity index is 1.48. The maximum atomic E-state index is 13.6. The molecule has 0 saturated carbocycles. The van der Waals surface area contributed by atoms with E-state index in [9.17, 15) is 4.79 Å². The summed E-state index contributed by atoms with van der Waals surface area (Å²) in [6.45, 7) is 4.01. The zero-order valence-electron chi connectivity index (χ0n) is 18.4. The van der Waals surface area contributed by atoms with Crippen LogP contribution in [-0.4, -0.2) is 24.1 Å². The van der Waals surface area contributed by atoms with Gasteiger partial charge < -0.3 is 4.42 Å². The first-order valence-electron chi connectivity index (χ1n) is 10.7. The van der Waals surface area contributed by atoms with Crippen LogP contribution in [0.2, 0.25) is 0 Å². The molecule has 0 atom stereocenters. The number of hydrogen-bond acceptors (Lipinski definition) is 7. The molecule has 0 spiro atoms. The number of benzene rings is 2. The van der Waals surface area contributed by atoms with Gasteiger partial charge in [0.25, 0.3) is 5.56 Å². The predicted octanol–water partition coefficient (Wildman–Crippen LogP) is 5.66. The van der Waals surface area contributed by atoms with Crippen molar-refractivity contribution >= 4 is 39.8 Å². The number of furan rings is 1. The molecule has 0 unspecified atom stereocenters. The lowest BCUT2D eigenvalue weighted by molar-refractivity contribution is 0.581. The number of aryl methyl sites for hydroxylation is 2. The highest BCUT2D eigenvalue weighted by atomic mass is 32.2. The Bertz CT molecular complexity index is 1690. The molecule has 4 heterocycles. The van der Waals surface area contributed by atoms with Gasteiger partial charge >= 0.3 is 0 Å². The van der Waals surface area contributed by atoms with Gasteiger partial charge in [0.1, 0.15) is 0 Å². The summed E-state index contributed by atoms with van der Waals surface area (Å²) in [5, 5.41) is 13.1. The van der Waals surface area contributed by atoms with Crippen molar-refractivity contribution in [3.05, 3.63) is 93.4 Å². The van der Waals surface area contributed by atoms with Crippen molar-refractivity contribution in [3.8, 4) is 16.5 Å². The first-order valence-corrected chi connectivity index (χ1v) is 12.5. The van der Waals surface area contributed by atoms with Crippen LogP contribution in [0, 0.1) is 13.8 Å². The standard InChI is InChI=1S/C25H19N5O2S2/c1-15-7-5-8-16(2)21(15)30-23(31)18-9-3-4-10-19(18)29-24(30)27-28-25(29)34-14-17-13-33-22(26-17)20-11-6-12-32-20/h3-13H,14H2,1-2H3. The molecule has 9 heteroatoms. The van der Waals surface area contributed by atoms with Crippen LogP contribution in [0.15, 0.2) is 80.6 Å². The molecular formula is C25H19N5O2S2. The van der Waals surface area contributed by atoms with Gasteiger partial charge in [-0.25, -0.2) is 9.55 Å². The molecule has 7 nitrogen and oxygen atoms in total. The number of para-hydroxylation sites is 2. The number of fused-ring (bicyclic) bond motifs is 3. The second kappa shape index (κ2) is 8.27. The van der Waals surface area contributed by atoms with Crippen LogP contribution in [0.3, 0.4) is 0 Å². The van der Waals surface area contributed by atoms with E-state index in [1.165, 1.54) is 0 Å². The van der Waals surface area contributed by atoms with E-state index >= 15 is 0 Å². The molecule has 0 bridgehead atoms. The molecule has 0 aliphatic rings. The van der Waals surface area contributed by atoms with Crippen molar-refractivity contribution < 1.29 is 4.42 Å². The van der Waals surface area contributed by atoms with Gasteiger partial charge in [-0.05, 0) is 49.2 Å². The predicted molar refractivity (Wildman–Crippen MR) is 135 cm³/mol. The maximum Gasteiger partial charge on any atom is 0.267 e. The first-order chi connectivity index (χ1) is 16.6. The van der Waals surface area contributed by atoms with E-state index in [1.54, 1.807) is 33.9 Å². The molecule has 0 aliphatic carbocycles. The zero-order chi connectivity index (χ0) is 23.2. The van der Waals surface area contributed by atoms with Crippen LogP contribution in [0.5, 0.6) is 0 Å². The quantitative estimate of drug-likeness (QED) is 0.293. The van der Waals surface area contributed by atoms with Crippen LogP contribution in [0.4, 0.5) is 0 Å². The Morgan fingerprint density at radius 3 is 2.62 bits per heavy atom. The summed E-state index contributed by atoms with van der Waals surface area (Å²) in [4.78, 5) is 18.3. The molecular weight excluding hydrogens is 466 g/mol. The van der Waals surface area contributed by atoms with Crippen molar-refractivity contribution in [1.82, 2.24) is 24.1 Å². The lowest BCUT2D eigenvalue weighted by atomic mass is 10.1. The SMILES string of the molecule is Cc1cccc(C)c1-n1c(=O)c2ccccc2n2c(SCc3csc(-c4ccco4)n3)nnc12. The van der Waals surface area contributed by atoms with E-state index in [0.29, 0.717) is 22.1 Å². The molecule has 4 aromatic heterocycles. The third-order valence-corrected chi connectivity index (χ3v) is 7.56. The van der Waals surface area contributed by atoms with E-state index in [4.69, 9.17) is 4.42 Å². The Morgan fingerprint density at radius 2 is 1.82 bits per heavy atom. The van der Waals surface area contributed by atoms with Crippen LogP contribution >= 0.6 is 23.1 Å². The van der Waals surface area contributed by atoms with Gasteiger partial charge in [-0.2, -0.15) is 0 Å². The normalized spacial score (nSPS) is 11.6. The highest BCUT2D eigenvalue weighted by Crippen LogP contribution is 2.30. The molecule has 0 aliphatic heterocycles. The van der Waals surface area contributed by atoms with E-state index in [2.05, 4.69) is 15.2 Å². The van der Waals surface area contributed by atoms with Crippen molar-refractivity contribution in [1.29, 1.82) is 0 Å². The van der Waals surface area contributed by atoms with Crippen LogP contribution in [0.1, 0.15) is 16.8 Å². The van der Waals surface area contributed by atoms with Gasteiger partial charge in [0.15, 0.2) is 15.9 Å². The van der Waals surface area contributed by atoms with E-state index in [0.717, 1.165) is 38.8 Å². The van der Waals surface area contributed by atoms with Crippen molar-refractivity contribution in [2.45, 2.75) is 24.8 Å². The van der Waals surface area contributed by atoms with Gasteiger partial charge in [-0.15, -0.1) is 21.5 Å². The largest absolute Gasteiger partial charge is 0.462 e. The number of rotatable bonds is 5. The van der Waals surface area contributed by atoms with Gasteiger partial charge in [0, 0.05) is 11.1 Å². The molecule has 0 N–H and O–H groups in total. The maximum absolute atomic E-state index is 13.6. The Morgan fingerprint density at radius 1 is 1.00 bits per heavy atom. The Kier molecular flexibility index (Phi) is 5.08. The molecule has 2 aromatic carbocycles. The van der Waals surface area contributed by atoms with Crippen LogP contribution < -0.4 is 5.56 Å². The molecule has 6 aromatic rings. The minimum Gasteiger partial charge on any atom is -0.462 e. The van der Waals surface area contributed by atoms with Crippen LogP contribution in [0.25, 0.3) is 33.1 Å². The number of nitrogens with zero attached hydrogens (tertiary/aromatic N) is 5. The summed E-state index contributed by atoms with van der Waals surface area (Å²) < 4.78 is 9.10. The number of thioether (sulfide) groups is 1. The smallest absolute Gasteiger partial charge is 0.267 e. The van der Waals surface area contributed by atoms with Crippen molar-refractivity contribution in [2.24, 2.45) is 0 Å². The minimum atomic E-state index is -0.105. The third kappa shape index (κ3) is 3.36. The highest BCUT2D eigenvalue weighted by Gasteiger charge is 2.20. The van der Waals surface area contributed by atoms with E-state index in [-0.39, 0.29) is 5.56 Å². The van der Waals surface area contributed by atoms with Gasteiger partial charge in [-0.3, -0.25) is 9.20 Å². The highest BCUT2D eigenvalue weighted by molar-refractivity contribution is 7.98. The zero-order valence-corrected chi connectivity index (χ0v) is 20.1. The molecule has 0 amide bonds. The fraction of sp³-hybridized carbons (Fsp3) is 0.120. The first kappa shape index (κ1) is 20.9. The third-order valence-electron chi connectivity index (χ3n) is 5.69. The Hall–Kier alpha value is -3.69. The minimum absolute atomic E-state index is 0.105. The van der Waals surface area contributed by atoms with E-state index in [1.807, 2.05) is 78.2 Å². The summed E-state index contributed by atoms with van der Waals surface area (Å²) in [6.07, 6.45) is 1.65. The van der Waals surface area contributed by atoms with E-state index < -0.39 is 0 Å². The number of hydrogen-bond donors (Lipinski definition) is 0. The van der Waals surface area contributed by atoms with Crippen molar-refractivity contribution in [2.75, 3.05) is 0 Å².